The Bertz CT molecular complexity index is 805. The molecule has 0 fully saturated rings. The number of nitrogens with zero attached hydrogens (tertiary/aromatic N) is 1. The van der Waals surface area contributed by atoms with Crippen LogP contribution in [0.15, 0.2) is 48.5 Å². The summed E-state index contributed by atoms with van der Waals surface area (Å²) in [5.41, 5.74) is 3.69. The van der Waals surface area contributed by atoms with Gasteiger partial charge in [0.15, 0.2) is 0 Å². The highest BCUT2D eigenvalue weighted by atomic mass is 16.5. The summed E-state index contributed by atoms with van der Waals surface area (Å²) >= 11 is 0. The fourth-order valence-corrected chi connectivity index (χ4v) is 3.24. The molecular weight excluding hydrogens is 342 g/mol. The van der Waals surface area contributed by atoms with Crippen LogP contribution in [0.3, 0.4) is 0 Å². The van der Waals surface area contributed by atoms with Crippen LogP contribution in [-0.4, -0.2) is 31.2 Å². The lowest BCUT2D eigenvalue weighted by Crippen LogP contribution is -2.44. The molecule has 6 heteroatoms. The number of amides is 2. The third kappa shape index (κ3) is 4.58. The minimum Gasteiger partial charge on any atom is -0.450 e. The number of hydrogen-bond donors (Lipinski definition) is 2. The molecule has 0 radical (unpaired) electrons. The predicted octanol–water partition coefficient (Wildman–Crippen LogP) is 4.03. The van der Waals surface area contributed by atoms with Crippen LogP contribution in [0.1, 0.15) is 25.8 Å². The first-order valence-electron chi connectivity index (χ1n) is 9.28. The van der Waals surface area contributed by atoms with E-state index in [9.17, 15) is 9.59 Å². The third-order valence-corrected chi connectivity index (χ3v) is 4.54. The van der Waals surface area contributed by atoms with Gasteiger partial charge in [-0.2, -0.15) is 0 Å². The first kappa shape index (κ1) is 18.8. The molecule has 0 spiro atoms. The maximum absolute atomic E-state index is 12.9. The Morgan fingerprint density at radius 1 is 1.11 bits per heavy atom. The molecule has 142 valence electrons. The second kappa shape index (κ2) is 8.58. The van der Waals surface area contributed by atoms with Gasteiger partial charge in [-0.15, -0.1) is 0 Å². The van der Waals surface area contributed by atoms with Gasteiger partial charge < -0.3 is 15.0 Å². The molecule has 3 rings (SSSR count). The minimum atomic E-state index is -0.481. The number of fused-ring (bicyclic) bond motifs is 1. The average molecular weight is 367 g/mol. The van der Waals surface area contributed by atoms with Crippen molar-refractivity contribution in [3.63, 3.8) is 0 Å². The molecule has 27 heavy (non-hydrogen) atoms. The number of ether oxygens (including phenoxy) is 1. The fourth-order valence-electron chi connectivity index (χ4n) is 3.24. The zero-order valence-corrected chi connectivity index (χ0v) is 15.7. The van der Waals surface area contributed by atoms with Crippen molar-refractivity contribution in [2.24, 2.45) is 0 Å². The lowest BCUT2D eigenvalue weighted by molar-refractivity contribution is -0.119. The zero-order chi connectivity index (χ0) is 19.2. The van der Waals surface area contributed by atoms with Gasteiger partial charge in [-0.1, -0.05) is 18.2 Å². The number of anilines is 3. The molecule has 0 saturated carbocycles. The van der Waals surface area contributed by atoms with Crippen LogP contribution in [0.5, 0.6) is 0 Å². The normalized spacial score (nSPS) is 14.1. The van der Waals surface area contributed by atoms with Crippen LogP contribution >= 0.6 is 0 Å². The Balaban J connectivity index is 1.63. The highest BCUT2D eigenvalue weighted by Gasteiger charge is 2.25. The van der Waals surface area contributed by atoms with E-state index in [4.69, 9.17) is 4.74 Å². The molecule has 6 nitrogen and oxygen atoms in total. The molecule has 1 aliphatic heterocycles. The van der Waals surface area contributed by atoms with Gasteiger partial charge in [-0.3, -0.25) is 10.1 Å². The molecule has 1 heterocycles. The van der Waals surface area contributed by atoms with E-state index < -0.39 is 6.09 Å². The molecule has 0 saturated heterocycles. The quantitative estimate of drug-likeness (QED) is 0.837. The van der Waals surface area contributed by atoms with E-state index >= 15 is 0 Å². The summed E-state index contributed by atoms with van der Waals surface area (Å²) in [4.78, 5) is 26.2. The van der Waals surface area contributed by atoms with Crippen LogP contribution < -0.4 is 15.5 Å². The molecule has 2 N–H and O–H groups in total. The minimum absolute atomic E-state index is 0.0517. The number of hydrogen-bond acceptors (Lipinski definition) is 4. The average Bonchev–Trinajstić information content (AvgIpc) is 2.68. The zero-order valence-electron chi connectivity index (χ0n) is 15.7. The van der Waals surface area contributed by atoms with Crippen molar-refractivity contribution < 1.29 is 14.3 Å². The van der Waals surface area contributed by atoms with Gasteiger partial charge in [0.25, 0.3) is 0 Å². The summed E-state index contributed by atoms with van der Waals surface area (Å²) in [5, 5.41) is 5.89. The second-order valence-electron chi connectivity index (χ2n) is 6.51. The van der Waals surface area contributed by atoms with E-state index in [1.165, 1.54) is 5.56 Å². The van der Waals surface area contributed by atoms with E-state index in [-0.39, 0.29) is 11.9 Å². The fraction of sp³-hybridized carbons (Fsp3) is 0.333. The van der Waals surface area contributed by atoms with Crippen LogP contribution in [0.25, 0.3) is 0 Å². The summed E-state index contributed by atoms with van der Waals surface area (Å²) in [6.45, 7) is 4.69. The summed E-state index contributed by atoms with van der Waals surface area (Å²) in [6, 6.07) is 14.9. The number of nitrogens with one attached hydrogen (secondary N) is 2. The number of benzene rings is 2. The van der Waals surface area contributed by atoms with E-state index in [2.05, 4.69) is 16.7 Å². The smallest absolute Gasteiger partial charge is 0.411 e. The molecule has 1 atom stereocenters. The Hall–Kier alpha value is -3.02. The number of aryl methyl sites for hydroxylation is 1. The monoisotopic (exact) mass is 367 g/mol. The summed E-state index contributed by atoms with van der Waals surface area (Å²) < 4.78 is 4.85. The maximum Gasteiger partial charge on any atom is 0.411 e. The third-order valence-electron chi connectivity index (χ3n) is 4.54. The Kier molecular flexibility index (Phi) is 5.96. The van der Waals surface area contributed by atoms with E-state index in [1.54, 1.807) is 19.1 Å². The largest absolute Gasteiger partial charge is 0.450 e. The second-order valence-corrected chi connectivity index (χ2v) is 6.51. The van der Waals surface area contributed by atoms with Crippen LogP contribution in [-0.2, 0) is 16.0 Å². The molecule has 0 aliphatic carbocycles. The standard InChI is InChI=1S/C21H25N3O3/c1-3-27-21(26)23-18-12-10-17(11-13-18)22-15(2)20(25)24-14-6-8-16-7-4-5-9-19(16)24/h4-5,7,9-13,15,22H,3,6,8,14H2,1-2H3,(H,23,26). The van der Waals surface area contributed by atoms with Crippen molar-refractivity contribution in [3.8, 4) is 0 Å². The lowest BCUT2D eigenvalue weighted by atomic mass is 10.0. The molecule has 1 aliphatic rings. The highest BCUT2D eigenvalue weighted by molar-refractivity contribution is 5.99. The topological polar surface area (TPSA) is 70.7 Å². The van der Waals surface area contributed by atoms with Crippen molar-refractivity contribution in [2.45, 2.75) is 32.7 Å². The predicted molar refractivity (Wildman–Crippen MR) is 107 cm³/mol. The lowest BCUT2D eigenvalue weighted by Gasteiger charge is -2.32. The molecule has 0 bridgehead atoms. The number of carbonyl (C=O) groups excluding carboxylic acids is 2. The molecule has 2 amide bonds. The first-order chi connectivity index (χ1) is 13.1. The SMILES string of the molecule is CCOC(=O)Nc1ccc(NC(C)C(=O)N2CCCc3ccccc32)cc1. The van der Waals surface area contributed by atoms with Gasteiger partial charge >= 0.3 is 6.09 Å². The number of para-hydroxylation sites is 1. The van der Waals surface area contributed by atoms with Crippen molar-refractivity contribution in [1.82, 2.24) is 0 Å². The molecular formula is C21H25N3O3. The summed E-state index contributed by atoms with van der Waals surface area (Å²) in [5.74, 6) is 0.0517. The maximum atomic E-state index is 12.9. The van der Waals surface area contributed by atoms with Gasteiger partial charge in [-0.05, 0) is 62.6 Å². The van der Waals surface area contributed by atoms with Gasteiger partial charge in [0.05, 0.1) is 6.61 Å². The summed E-state index contributed by atoms with van der Waals surface area (Å²) in [7, 11) is 0. The Morgan fingerprint density at radius 2 is 1.81 bits per heavy atom. The van der Waals surface area contributed by atoms with Crippen molar-refractivity contribution in [2.75, 3.05) is 28.7 Å². The van der Waals surface area contributed by atoms with Crippen LogP contribution in [0.4, 0.5) is 21.9 Å². The summed E-state index contributed by atoms with van der Waals surface area (Å²) in [6.07, 6.45) is 1.51. The molecule has 1 unspecified atom stereocenters. The highest BCUT2D eigenvalue weighted by Crippen LogP contribution is 2.27. The van der Waals surface area contributed by atoms with Crippen molar-refractivity contribution in [1.29, 1.82) is 0 Å². The Labute approximate surface area is 159 Å². The van der Waals surface area contributed by atoms with Crippen molar-refractivity contribution in [3.05, 3.63) is 54.1 Å². The van der Waals surface area contributed by atoms with Gasteiger partial charge in [0.1, 0.15) is 6.04 Å². The molecule has 0 aromatic heterocycles. The van der Waals surface area contributed by atoms with Gasteiger partial charge in [0.2, 0.25) is 5.91 Å². The van der Waals surface area contributed by atoms with Gasteiger partial charge in [-0.25, -0.2) is 4.79 Å². The van der Waals surface area contributed by atoms with Gasteiger partial charge in [0, 0.05) is 23.6 Å². The first-order valence-corrected chi connectivity index (χ1v) is 9.28. The molecule has 2 aromatic rings. The Morgan fingerprint density at radius 3 is 2.56 bits per heavy atom. The number of rotatable bonds is 5. The number of carbonyl (C=O) groups is 2. The van der Waals surface area contributed by atoms with Crippen LogP contribution in [0.2, 0.25) is 0 Å². The van der Waals surface area contributed by atoms with Crippen LogP contribution in [0, 0.1) is 0 Å². The van der Waals surface area contributed by atoms with E-state index in [1.807, 2.05) is 42.2 Å². The van der Waals surface area contributed by atoms with Crippen molar-refractivity contribution >= 4 is 29.1 Å². The van der Waals surface area contributed by atoms with E-state index in [0.29, 0.717) is 12.3 Å². The molecule has 2 aromatic carbocycles. The van der Waals surface area contributed by atoms with E-state index in [0.717, 1.165) is 30.8 Å².